The zero-order chi connectivity index (χ0) is 8.27. The van der Waals surface area contributed by atoms with Crippen molar-refractivity contribution in [2.24, 2.45) is 7.05 Å². The lowest BCUT2D eigenvalue weighted by Crippen LogP contribution is -2.10. The number of nitrogens with zero attached hydrogens (tertiary/aromatic N) is 3. The second-order valence-electron chi connectivity index (χ2n) is 2.25. The van der Waals surface area contributed by atoms with Crippen LogP contribution >= 0.6 is 0 Å². The molecule has 0 amide bonds. The highest BCUT2D eigenvalue weighted by molar-refractivity contribution is 4.97. The maximum absolute atomic E-state index is 9.36. The Hall–Kier alpha value is -0.940. The summed E-state index contributed by atoms with van der Waals surface area (Å²) in [4.78, 5) is 0. The molecule has 0 radical (unpaired) electrons. The van der Waals surface area contributed by atoms with Gasteiger partial charge < -0.3 is 9.84 Å². The maximum atomic E-state index is 9.36. The van der Waals surface area contributed by atoms with E-state index in [9.17, 15) is 5.11 Å². The van der Waals surface area contributed by atoms with E-state index in [1.165, 1.54) is 18.0 Å². The molecule has 1 aromatic heterocycles. The summed E-state index contributed by atoms with van der Waals surface area (Å²) < 4.78 is 6.28. The van der Waals surface area contributed by atoms with Crippen molar-refractivity contribution in [3.05, 3.63) is 11.9 Å². The minimum atomic E-state index is -0.639. The van der Waals surface area contributed by atoms with Gasteiger partial charge in [-0.1, -0.05) is 5.21 Å². The third-order valence-corrected chi connectivity index (χ3v) is 1.42. The van der Waals surface area contributed by atoms with Gasteiger partial charge in [-0.15, -0.1) is 5.10 Å². The standard InChI is InChI=1S/C6H11N3O2/c1-9-5(3-7-8-9)6(10)4-11-2/h3,6,10H,4H2,1-2H3/t6-/m0/s1. The van der Waals surface area contributed by atoms with Crippen LogP contribution in [0.25, 0.3) is 0 Å². The van der Waals surface area contributed by atoms with Crippen LogP contribution in [0.3, 0.4) is 0 Å². The molecule has 5 heteroatoms. The van der Waals surface area contributed by atoms with Gasteiger partial charge in [0, 0.05) is 14.2 Å². The number of aromatic nitrogens is 3. The zero-order valence-corrected chi connectivity index (χ0v) is 6.56. The molecule has 0 saturated carbocycles. The first-order chi connectivity index (χ1) is 5.25. The summed E-state index contributed by atoms with van der Waals surface area (Å²) in [7, 11) is 3.26. The van der Waals surface area contributed by atoms with E-state index in [-0.39, 0.29) is 6.61 Å². The van der Waals surface area contributed by atoms with Crippen LogP contribution in [0.15, 0.2) is 6.20 Å². The van der Waals surface area contributed by atoms with Crippen molar-refractivity contribution in [2.75, 3.05) is 13.7 Å². The summed E-state index contributed by atoms with van der Waals surface area (Å²) in [6.07, 6.45) is 0.879. The number of hydrogen-bond donors (Lipinski definition) is 1. The van der Waals surface area contributed by atoms with Crippen molar-refractivity contribution in [3.63, 3.8) is 0 Å². The fraction of sp³-hybridized carbons (Fsp3) is 0.667. The Morgan fingerprint density at radius 3 is 3.00 bits per heavy atom. The molecule has 0 unspecified atom stereocenters. The van der Waals surface area contributed by atoms with Gasteiger partial charge in [-0.3, -0.25) is 0 Å². The first-order valence-corrected chi connectivity index (χ1v) is 3.27. The van der Waals surface area contributed by atoms with Crippen LogP contribution in [0.1, 0.15) is 11.8 Å². The van der Waals surface area contributed by atoms with Crippen molar-refractivity contribution in [1.29, 1.82) is 0 Å². The first kappa shape index (κ1) is 8.16. The number of hydrogen-bond acceptors (Lipinski definition) is 4. The van der Waals surface area contributed by atoms with E-state index in [0.29, 0.717) is 5.69 Å². The third-order valence-electron chi connectivity index (χ3n) is 1.42. The van der Waals surface area contributed by atoms with Gasteiger partial charge in [0.25, 0.3) is 0 Å². The number of rotatable bonds is 3. The van der Waals surface area contributed by atoms with Gasteiger partial charge in [0.2, 0.25) is 0 Å². The summed E-state index contributed by atoms with van der Waals surface area (Å²) in [5.74, 6) is 0. The Balaban J connectivity index is 2.67. The summed E-state index contributed by atoms with van der Waals surface area (Å²) in [6, 6.07) is 0. The molecule has 5 nitrogen and oxygen atoms in total. The Labute approximate surface area is 64.6 Å². The van der Waals surface area contributed by atoms with Gasteiger partial charge in [-0.2, -0.15) is 0 Å². The third kappa shape index (κ3) is 1.75. The topological polar surface area (TPSA) is 60.2 Å². The van der Waals surface area contributed by atoms with Crippen molar-refractivity contribution in [3.8, 4) is 0 Å². The van der Waals surface area contributed by atoms with E-state index in [0.717, 1.165) is 0 Å². The van der Waals surface area contributed by atoms with Gasteiger partial charge in [0.05, 0.1) is 18.5 Å². The normalized spacial score (nSPS) is 13.4. The van der Waals surface area contributed by atoms with Crippen molar-refractivity contribution in [1.82, 2.24) is 15.0 Å². The Morgan fingerprint density at radius 1 is 1.82 bits per heavy atom. The maximum Gasteiger partial charge on any atom is 0.120 e. The molecule has 1 aromatic rings. The fourth-order valence-corrected chi connectivity index (χ4v) is 0.843. The van der Waals surface area contributed by atoms with E-state index >= 15 is 0 Å². The molecule has 1 atom stereocenters. The molecular formula is C6H11N3O2. The molecule has 1 N–H and O–H groups in total. The lowest BCUT2D eigenvalue weighted by molar-refractivity contribution is 0.0593. The Bertz CT molecular complexity index is 223. The number of aliphatic hydroxyl groups is 1. The molecule has 0 fully saturated rings. The van der Waals surface area contributed by atoms with Crippen LogP contribution in [-0.2, 0) is 11.8 Å². The van der Waals surface area contributed by atoms with E-state index in [4.69, 9.17) is 4.74 Å². The summed E-state index contributed by atoms with van der Waals surface area (Å²) in [6.45, 7) is 0.265. The van der Waals surface area contributed by atoms with Gasteiger partial charge in [0.1, 0.15) is 6.10 Å². The average Bonchev–Trinajstić information content (AvgIpc) is 2.36. The van der Waals surface area contributed by atoms with E-state index < -0.39 is 6.10 Å². The highest BCUT2D eigenvalue weighted by Crippen LogP contribution is 2.08. The summed E-state index contributed by atoms with van der Waals surface area (Å²) >= 11 is 0. The minimum absolute atomic E-state index is 0.265. The highest BCUT2D eigenvalue weighted by atomic mass is 16.5. The summed E-state index contributed by atoms with van der Waals surface area (Å²) in [5, 5.41) is 16.7. The van der Waals surface area contributed by atoms with Gasteiger partial charge >= 0.3 is 0 Å². The van der Waals surface area contributed by atoms with E-state index in [1.807, 2.05) is 0 Å². The van der Waals surface area contributed by atoms with Gasteiger partial charge in [0.15, 0.2) is 0 Å². The fourth-order valence-electron chi connectivity index (χ4n) is 0.843. The SMILES string of the molecule is COC[C@H](O)c1cnnn1C. The molecule has 1 heterocycles. The number of aliphatic hydroxyl groups excluding tert-OH is 1. The molecule has 0 spiro atoms. The van der Waals surface area contributed by atoms with Crippen molar-refractivity contribution < 1.29 is 9.84 Å². The van der Waals surface area contributed by atoms with Gasteiger partial charge in [-0.25, -0.2) is 4.68 Å². The monoisotopic (exact) mass is 157 g/mol. The lowest BCUT2D eigenvalue weighted by atomic mass is 10.3. The summed E-state index contributed by atoms with van der Waals surface area (Å²) in [5.41, 5.74) is 0.659. The number of ether oxygens (including phenoxy) is 1. The second-order valence-corrected chi connectivity index (χ2v) is 2.25. The number of aryl methyl sites for hydroxylation is 1. The molecule has 1 rings (SSSR count). The first-order valence-electron chi connectivity index (χ1n) is 3.27. The molecule has 62 valence electrons. The molecule has 0 aliphatic rings. The molecular weight excluding hydrogens is 146 g/mol. The minimum Gasteiger partial charge on any atom is -0.384 e. The van der Waals surface area contributed by atoms with Crippen molar-refractivity contribution >= 4 is 0 Å². The molecule has 0 saturated heterocycles. The number of methoxy groups -OCH3 is 1. The van der Waals surface area contributed by atoms with Crippen LogP contribution in [0, 0.1) is 0 Å². The predicted octanol–water partition coefficient (Wildman–Crippen LogP) is -0.505. The zero-order valence-electron chi connectivity index (χ0n) is 6.56. The smallest absolute Gasteiger partial charge is 0.120 e. The largest absolute Gasteiger partial charge is 0.384 e. The molecule has 0 bridgehead atoms. The molecule has 0 aromatic carbocycles. The van der Waals surface area contributed by atoms with Crippen LogP contribution < -0.4 is 0 Å². The lowest BCUT2D eigenvalue weighted by Gasteiger charge is -2.07. The predicted molar refractivity (Wildman–Crippen MR) is 37.8 cm³/mol. The van der Waals surface area contributed by atoms with E-state index in [2.05, 4.69) is 10.3 Å². The van der Waals surface area contributed by atoms with Crippen LogP contribution in [0.2, 0.25) is 0 Å². The Kier molecular flexibility index (Phi) is 2.56. The van der Waals surface area contributed by atoms with Crippen LogP contribution in [0.5, 0.6) is 0 Å². The van der Waals surface area contributed by atoms with Crippen LogP contribution in [0.4, 0.5) is 0 Å². The average molecular weight is 157 g/mol. The molecule has 0 aliphatic carbocycles. The highest BCUT2D eigenvalue weighted by Gasteiger charge is 2.10. The van der Waals surface area contributed by atoms with E-state index in [1.54, 1.807) is 7.05 Å². The van der Waals surface area contributed by atoms with Gasteiger partial charge in [-0.05, 0) is 0 Å². The van der Waals surface area contributed by atoms with Crippen molar-refractivity contribution in [2.45, 2.75) is 6.10 Å². The Morgan fingerprint density at radius 2 is 2.55 bits per heavy atom. The molecule has 11 heavy (non-hydrogen) atoms. The van der Waals surface area contributed by atoms with Crippen LogP contribution in [-0.4, -0.2) is 33.8 Å². The molecule has 0 aliphatic heterocycles. The second kappa shape index (κ2) is 3.45. The quantitative estimate of drug-likeness (QED) is 0.642.